The van der Waals surface area contributed by atoms with Crippen molar-refractivity contribution in [2.45, 2.75) is 20.3 Å². The lowest BCUT2D eigenvalue weighted by molar-refractivity contribution is 0.418. The van der Waals surface area contributed by atoms with Crippen LogP contribution in [-0.4, -0.2) is 12.1 Å². The van der Waals surface area contributed by atoms with E-state index in [1.165, 1.54) is 10.9 Å². The van der Waals surface area contributed by atoms with Gasteiger partial charge < -0.3 is 4.74 Å². The number of methoxy groups -OCH3 is 1. The molecule has 0 atom stereocenters. The lowest BCUT2D eigenvalue weighted by Crippen LogP contribution is -1.93. The average molecular weight is 201 g/mol. The molecule has 0 fully saturated rings. The number of hydrogen-bond acceptors (Lipinski definition) is 2. The predicted octanol–water partition coefficient (Wildman–Crippen LogP) is 3.11. The quantitative estimate of drug-likeness (QED) is 0.744. The van der Waals surface area contributed by atoms with Crippen molar-refractivity contribution in [2.24, 2.45) is 0 Å². The second-order valence-electron chi connectivity index (χ2n) is 3.64. The van der Waals surface area contributed by atoms with Gasteiger partial charge in [-0.05, 0) is 31.0 Å². The van der Waals surface area contributed by atoms with E-state index in [1.807, 2.05) is 6.07 Å². The number of aromatic nitrogens is 1. The van der Waals surface area contributed by atoms with Gasteiger partial charge in [-0.3, -0.25) is 0 Å². The number of fused-ring (bicyclic) bond motifs is 1. The number of pyridine rings is 1. The van der Waals surface area contributed by atoms with E-state index in [0.29, 0.717) is 0 Å². The summed E-state index contributed by atoms with van der Waals surface area (Å²) in [5.74, 6) is 0.853. The molecule has 0 unspecified atom stereocenters. The summed E-state index contributed by atoms with van der Waals surface area (Å²) in [6.07, 6.45) is 0.951. The molecule has 0 amide bonds. The first-order chi connectivity index (χ1) is 7.26. The van der Waals surface area contributed by atoms with E-state index in [2.05, 4.69) is 37.0 Å². The number of benzene rings is 1. The molecule has 2 heteroatoms. The van der Waals surface area contributed by atoms with Crippen molar-refractivity contribution in [1.29, 1.82) is 0 Å². The molecule has 0 saturated heterocycles. The van der Waals surface area contributed by atoms with Crippen LogP contribution in [0.2, 0.25) is 0 Å². The molecule has 2 nitrogen and oxygen atoms in total. The van der Waals surface area contributed by atoms with Crippen molar-refractivity contribution in [1.82, 2.24) is 4.98 Å². The number of hydrogen-bond donors (Lipinski definition) is 0. The van der Waals surface area contributed by atoms with E-state index in [0.717, 1.165) is 23.4 Å². The lowest BCUT2D eigenvalue weighted by Gasteiger charge is -2.08. The Hall–Kier alpha value is -1.57. The Morgan fingerprint density at radius 2 is 2.00 bits per heavy atom. The predicted molar refractivity (Wildman–Crippen MR) is 62.4 cm³/mol. The van der Waals surface area contributed by atoms with Crippen LogP contribution in [0.1, 0.15) is 18.2 Å². The second-order valence-corrected chi connectivity index (χ2v) is 3.64. The molecule has 2 rings (SSSR count). The minimum atomic E-state index is 0.853. The van der Waals surface area contributed by atoms with Gasteiger partial charge in [-0.15, -0.1) is 0 Å². The Kier molecular flexibility index (Phi) is 2.58. The zero-order valence-electron chi connectivity index (χ0n) is 9.37. The average Bonchev–Trinajstić information content (AvgIpc) is 2.29. The molecule has 15 heavy (non-hydrogen) atoms. The van der Waals surface area contributed by atoms with Gasteiger partial charge in [-0.2, -0.15) is 0 Å². The fraction of sp³-hybridized carbons (Fsp3) is 0.308. The number of rotatable bonds is 2. The first-order valence-corrected chi connectivity index (χ1v) is 5.19. The molecule has 0 N–H and O–H groups in total. The maximum absolute atomic E-state index is 5.32. The van der Waals surface area contributed by atoms with Gasteiger partial charge in [0.1, 0.15) is 11.3 Å². The highest BCUT2D eigenvalue weighted by molar-refractivity contribution is 5.87. The summed E-state index contributed by atoms with van der Waals surface area (Å²) < 4.78 is 5.32. The van der Waals surface area contributed by atoms with E-state index in [-0.39, 0.29) is 0 Å². The van der Waals surface area contributed by atoms with E-state index < -0.39 is 0 Å². The Morgan fingerprint density at radius 1 is 1.20 bits per heavy atom. The van der Waals surface area contributed by atoms with Crippen LogP contribution in [0.5, 0.6) is 5.75 Å². The molecule has 0 saturated carbocycles. The molecule has 0 spiro atoms. The van der Waals surface area contributed by atoms with Gasteiger partial charge in [0.05, 0.1) is 7.11 Å². The fourth-order valence-corrected chi connectivity index (χ4v) is 1.74. The van der Waals surface area contributed by atoms with Crippen LogP contribution in [0.4, 0.5) is 0 Å². The number of nitrogens with zero attached hydrogens (tertiary/aromatic N) is 1. The van der Waals surface area contributed by atoms with Gasteiger partial charge in [-0.1, -0.05) is 19.1 Å². The summed E-state index contributed by atoms with van der Waals surface area (Å²) in [5.41, 5.74) is 3.31. The van der Waals surface area contributed by atoms with Crippen LogP contribution >= 0.6 is 0 Å². The van der Waals surface area contributed by atoms with Gasteiger partial charge in [0.25, 0.3) is 0 Å². The van der Waals surface area contributed by atoms with Gasteiger partial charge in [0.2, 0.25) is 0 Å². The molecule has 1 aromatic heterocycles. The molecular formula is C13H15NO. The third-order valence-electron chi connectivity index (χ3n) is 2.68. The SMILES string of the molecule is CCc1ccc2c(C)ccc(OC)c2n1. The van der Waals surface area contributed by atoms with Gasteiger partial charge in [0, 0.05) is 11.1 Å². The number of aryl methyl sites for hydroxylation is 2. The summed E-state index contributed by atoms with van der Waals surface area (Å²) in [4.78, 5) is 4.60. The van der Waals surface area contributed by atoms with E-state index >= 15 is 0 Å². The summed E-state index contributed by atoms with van der Waals surface area (Å²) in [6.45, 7) is 4.20. The zero-order valence-corrected chi connectivity index (χ0v) is 9.37. The van der Waals surface area contributed by atoms with Crippen molar-refractivity contribution < 1.29 is 4.74 Å². The maximum atomic E-state index is 5.32. The van der Waals surface area contributed by atoms with Crippen LogP contribution in [0.3, 0.4) is 0 Å². The highest BCUT2D eigenvalue weighted by Crippen LogP contribution is 2.26. The smallest absolute Gasteiger partial charge is 0.145 e. The van der Waals surface area contributed by atoms with Gasteiger partial charge >= 0.3 is 0 Å². The highest BCUT2D eigenvalue weighted by atomic mass is 16.5. The van der Waals surface area contributed by atoms with Crippen molar-refractivity contribution >= 4 is 10.9 Å². The Morgan fingerprint density at radius 3 is 2.67 bits per heavy atom. The van der Waals surface area contributed by atoms with E-state index in [9.17, 15) is 0 Å². The molecule has 0 aliphatic heterocycles. The molecule has 0 bridgehead atoms. The Labute approximate surface area is 89.9 Å². The molecule has 0 radical (unpaired) electrons. The van der Waals surface area contributed by atoms with Gasteiger partial charge in [-0.25, -0.2) is 4.98 Å². The third-order valence-corrected chi connectivity index (χ3v) is 2.68. The molecule has 0 aliphatic rings. The zero-order chi connectivity index (χ0) is 10.8. The largest absolute Gasteiger partial charge is 0.494 e. The molecule has 1 heterocycles. The minimum absolute atomic E-state index is 0.853. The second kappa shape index (κ2) is 3.89. The van der Waals surface area contributed by atoms with Crippen LogP contribution in [0, 0.1) is 6.92 Å². The van der Waals surface area contributed by atoms with Crippen molar-refractivity contribution in [3.8, 4) is 5.75 Å². The highest BCUT2D eigenvalue weighted by Gasteiger charge is 2.05. The molecule has 0 aliphatic carbocycles. The lowest BCUT2D eigenvalue weighted by atomic mass is 10.1. The summed E-state index contributed by atoms with van der Waals surface area (Å²) in [5, 5.41) is 1.17. The maximum Gasteiger partial charge on any atom is 0.145 e. The molecule has 78 valence electrons. The minimum Gasteiger partial charge on any atom is -0.494 e. The standard InChI is InChI=1S/C13H15NO/c1-4-10-6-7-11-9(2)5-8-12(15-3)13(11)14-10/h5-8H,4H2,1-3H3. The fourth-order valence-electron chi connectivity index (χ4n) is 1.74. The van der Waals surface area contributed by atoms with Crippen molar-refractivity contribution in [3.63, 3.8) is 0 Å². The van der Waals surface area contributed by atoms with E-state index in [1.54, 1.807) is 7.11 Å². The monoisotopic (exact) mass is 201 g/mol. The number of ether oxygens (including phenoxy) is 1. The van der Waals surface area contributed by atoms with Crippen LogP contribution in [0.25, 0.3) is 10.9 Å². The molecule has 1 aromatic carbocycles. The summed E-state index contributed by atoms with van der Waals surface area (Å²) >= 11 is 0. The third kappa shape index (κ3) is 1.67. The first kappa shape index (κ1) is 9.97. The Bertz CT molecular complexity index is 491. The van der Waals surface area contributed by atoms with Crippen molar-refractivity contribution in [2.75, 3.05) is 7.11 Å². The normalized spacial score (nSPS) is 10.6. The van der Waals surface area contributed by atoms with Crippen LogP contribution in [0.15, 0.2) is 24.3 Å². The van der Waals surface area contributed by atoms with Crippen LogP contribution in [-0.2, 0) is 6.42 Å². The van der Waals surface area contributed by atoms with Gasteiger partial charge in [0.15, 0.2) is 0 Å². The summed E-state index contributed by atoms with van der Waals surface area (Å²) in [7, 11) is 1.68. The first-order valence-electron chi connectivity index (χ1n) is 5.19. The van der Waals surface area contributed by atoms with Crippen LogP contribution < -0.4 is 4.74 Å². The summed E-state index contributed by atoms with van der Waals surface area (Å²) in [6, 6.07) is 8.24. The van der Waals surface area contributed by atoms with Crippen molar-refractivity contribution in [3.05, 3.63) is 35.5 Å². The molecular weight excluding hydrogens is 186 g/mol. The Balaban J connectivity index is 2.77. The molecule has 2 aromatic rings. The topological polar surface area (TPSA) is 22.1 Å². The van der Waals surface area contributed by atoms with E-state index in [4.69, 9.17) is 4.74 Å².